The predicted molar refractivity (Wildman–Crippen MR) is 139 cm³/mol. The molecule has 1 atom stereocenters. The maximum Gasteiger partial charge on any atom is 0.333 e. The molecular weight excluding hydrogens is 476 g/mol. The van der Waals surface area contributed by atoms with E-state index in [1.165, 1.54) is 0 Å². The lowest BCUT2D eigenvalue weighted by Gasteiger charge is -2.38. The van der Waals surface area contributed by atoms with Gasteiger partial charge in [-0.2, -0.15) is 0 Å². The van der Waals surface area contributed by atoms with Crippen molar-refractivity contribution in [2.45, 2.75) is 71.3 Å². The van der Waals surface area contributed by atoms with Gasteiger partial charge in [-0.05, 0) is 65.2 Å². The first-order valence-electron chi connectivity index (χ1n) is 11.7. The van der Waals surface area contributed by atoms with Crippen LogP contribution in [0.3, 0.4) is 0 Å². The van der Waals surface area contributed by atoms with Gasteiger partial charge in [-0.25, -0.2) is 4.79 Å². The molecule has 11 heteroatoms. The van der Waals surface area contributed by atoms with Crippen LogP contribution in [0.2, 0.25) is 51.9 Å². The summed E-state index contributed by atoms with van der Waals surface area (Å²) in [6, 6.07) is 0.868. The molecule has 0 aliphatic rings. The molecule has 0 amide bonds. The Hall–Kier alpha value is -0.379. The molecule has 0 aliphatic heterocycles. The van der Waals surface area contributed by atoms with Crippen molar-refractivity contribution in [1.29, 1.82) is 0 Å². The van der Waals surface area contributed by atoms with Crippen molar-refractivity contribution in [1.82, 2.24) is 0 Å². The van der Waals surface area contributed by atoms with Crippen molar-refractivity contribution in [3.63, 3.8) is 0 Å². The summed E-state index contributed by atoms with van der Waals surface area (Å²) in [5.41, 5.74) is 0.344. The number of hydrogen-bond donors (Lipinski definition) is 0. The highest BCUT2D eigenvalue weighted by atomic mass is 28.5. The molecule has 0 spiro atoms. The third kappa shape index (κ3) is 19.6. The highest BCUT2D eigenvalue weighted by Gasteiger charge is 2.39. The van der Waals surface area contributed by atoms with Crippen molar-refractivity contribution in [3.05, 3.63) is 12.2 Å². The second-order valence-corrected chi connectivity index (χ2v) is 23.1. The van der Waals surface area contributed by atoms with Crippen LogP contribution in [0.25, 0.3) is 0 Å². The van der Waals surface area contributed by atoms with Gasteiger partial charge in [0.25, 0.3) is 0 Å². The maximum atomic E-state index is 12.0. The molecular formula is C22H48O8Si3. The zero-order valence-corrected chi connectivity index (χ0v) is 25.4. The van der Waals surface area contributed by atoms with Crippen LogP contribution in [0.5, 0.6) is 0 Å². The summed E-state index contributed by atoms with van der Waals surface area (Å²) in [7, 11) is -4.09. The maximum absolute atomic E-state index is 12.0. The van der Waals surface area contributed by atoms with Gasteiger partial charge >= 0.3 is 14.5 Å². The standard InChI is InChI=1S/C22H48O8Si3/c1-20(2)22(23)28-21(19-27-16-15-25-14-13-24-3)18-26-12-11-17-33(10,29-31(4,5)6)30-32(7,8)9/h21H,1,11-19H2,2-10H3. The fraction of sp³-hybridized carbons (Fsp3) is 0.864. The molecule has 0 aromatic carbocycles. The summed E-state index contributed by atoms with van der Waals surface area (Å²) in [5.74, 6) is -0.449. The third-order valence-electron chi connectivity index (χ3n) is 4.00. The average Bonchev–Trinajstić information content (AvgIpc) is 2.63. The topological polar surface area (TPSA) is 81.7 Å². The Morgan fingerprint density at radius 1 is 0.788 bits per heavy atom. The smallest absolute Gasteiger partial charge is 0.333 e. The number of methoxy groups -OCH3 is 1. The Bertz CT molecular complexity index is 545. The second-order valence-electron chi connectivity index (χ2n) is 10.2. The molecule has 0 radical (unpaired) electrons. The number of esters is 1. The van der Waals surface area contributed by atoms with E-state index >= 15 is 0 Å². The summed E-state index contributed by atoms with van der Waals surface area (Å²) >= 11 is 0. The quantitative estimate of drug-likeness (QED) is 0.101. The number of hydrogen-bond acceptors (Lipinski definition) is 8. The van der Waals surface area contributed by atoms with E-state index in [0.717, 1.165) is 12.5 Å². The summed E-state index contributed by atoms with van der Waals surface area (Å²) < 4.78 is 40.2. The zero-order chi connectivity index (χ0) is 25.5. The minimum atomic E-state index is -2.28. The van der Waals surface area contributed by atoms with Gasteiger partial charge in [0.05, 0.1) is 39.6 Å². The van der Waals surface area contributed by atoms with E-state index in [0.29, 0.717) is 38.6 Å². The van der Waals surface area contributed by atoms with Crippen LogP contribution in [0.1, 0.15) is 13.3 Å². The summed E-state index contributed by atoms with van der Waals surface area (Å²) in [6.45, 7) is 23.6. The van der Waals surface area contributed by atoms with Crippen molar-refractivity contribution >= 4 is 31.2 Å². The molecule has 196 valence electrons. The van der Waals surface area contributed by atoms with Crippen LogP contribution in [-0.2, 0) is 36.7 Å². The molecule has 0 saturated heterocycles. The van der Waals surface area contributed by atoms with Crippen molar-refractivity contribution in [3.8, 4) is 0 Å². The molecule has 0 aliphatic carbocycles. The van der Waals surface area contributed by atoms with Gasteiger partial charge < -0.3 is 31.9 Å². The Kier molecular flexibility index (Phi) is 16.1. The highest BCUT2D eigenvalue weighted by molar-refractivity contribution is 6.87. The van der Waals surface area contributed by atoms with Crippen LogP contribution in [0, 0.1) is 0 Å². The SMILES string of the molecule is C=C(C)C(=O)OC(COCCC[Si](C)(O[Si](C)(C)C)O[Si](C)(C)C)COCCOCCOC. The van der Waals surface area contributed by atoms with Crippen LogP contribution in [0.4, 0.5) is 0 Å². The average molecular weight is 525 g/mol. The fourth-order valence-corrected chi connectivity index (χ4v) is 15.6. The lowest BCUT2D eigenvalue weighted by atomic mass is 10.3. The summed E-state index contributed by atoms with van der Waals surface area (Å²) in [5, 5.41) is 0. The van der Waals surface area contributed by atoms with Crippen LogP contribution < -0.4 is 0 Å². The van der Waals surface area contributed by atoms with E-state index in [-0.39, 0.29) is 13.2 Å². The van der Waals surface area contributed by atoms with E-state index in [4.69, 9.17) is 31.9 Å². The molecule has 0 aromatic rings. The van der Waals surface area contributed by atoms with E-state index in [9.17, 15) is 4.79 Å². The van der Waals surface area contributed by atoms with E-state index in [1.807, 2.05) is 0 Å². The van der Waals surface area contributed by atoms with Crippen LogP contribution >= 0.6 is 0 Å². The van der Waals surface area contributed by atoms with Crippen LogP contribution in [0.15, 0.2) is 12.2 Å². The molecule has 0 aromatic heterocycles. The van der Waals surface area contributed by atoms with Gasteiger partial charge in [0.15, 0.2) is 16.6 Å². The van der Waals surface area contributed by atoms with Gasteiger partial charge in [-0.3, -0.25) is 0 Å². The minimum Gasteiger partial charge on any atom is -0.454 e. The number of carbonyl (C=O) groups excluding carboxylic acids is 1. The van der Waals surface area contributed by atoms with Crippen LogP contribution in [-0.4, -0.2) is 90.6 Å². The van der Waals surface area contributed by atoms with Gasteiger partial charge in [0.1, 0.15) is 6.10 Å². The second kappa shape index (κ2) is 16.3. The zero-order valence-electron chi connectivity index (χ0n) is 22.4. The fourth-order valence-electron chi connectivity index (χ4n) is 3.07. The third-order valence-corrected chi connectivity index (χ3v) is 13.6. The summed E-state index contributed by atoms with van der Waals surface area (Å²) in [4.78, 5) is 12.0. The summed E-state index contributed by atoms with van der Waals surface area (Å²) in [6.07, 6.45) is 0.320. The lowest BCUT2D eigenvalue weighted by molar-refractivity contribution is -0.151. The Balaban J connectivity index is 4.56. The normalized spacial score (nSPS) is 13.7. The van der Waals surface area contributed by atoms with Gasteiger partial charge in [-0.1, -0.05) is 6.58 Å². The predicted octanol–water partition coefficient (Wildman–Crippen LogP) is 4.34. The first-order chi connectivity index (χ1) is 15.2. The first-order valence-corrected chi connectivity index (χ1v) is 21.0. The highest BCUT2D eigenvalue weighted by Crippen LogP contribution is 2.25. The molecule has 0 rings (SSSR count). The molecule has 1 unspecified atom stereocenters. The molecule has 0 saturated carbocycles. The molecule has 33 heavy (non-hydrogen) atoms. The van der Waals surface area contributed by atoms with E-state index in [1.54, 1.807) is 14.0 Å². The lowest BCUT2D eigenvalue weighted by Crippen LogP contribution is -2.52. The van der Waals surface area contributed by atoms with E-state index < -0.39 is 37.3 Å². The molecule has 8 nitrogen and oxygen atoms in total. The Morgan fingerprint density at radius 3 is 1.76 bits per heavy atom. The van der Waals surface area contributed by atoms with Crippen molar-refractivity contribution in [2.75, 3.05) is 53.4 Å². The molecule has 0 heterocycles. The monoisotopic (exact) mass is 524 g/mol. The van der Waals surface area contributed by atoms with Gasteiger partial charge in [0, 0.05) is 19.3 Å². The van der Waals surface area contributed by atoms with E-state index in [2.05, 4.69) is 52.4 Å². The minimum absolute atomic E-state index is 0.233. The molecule has 0 bridgehead atoms. The largest absolute Gasteiger partial charge is 0.454 e. The number of rotatable bonds is 20. The molecule has 0 N–H and O–H groups in total. The number of ether oxygens (including phenoxy) is 5. The Morgan fingerprint density at radius 2 is 1.27 bits per heavy atom. The van der Waals surface area contributed by atoms with Crippen molar-refractivity contribution < 1.29 is 36.7 Å². The Labute approximate surface area is 204 Å². The number of carbonyl (C=O) groups is 1. The van der Waals surface area contributed by atoms with Gasteiger partial charge in [-0.15, -0.1) is 0 Å². The van der Waals surface area contributed by atoms with Crippen molar-refractivity contribution in [2.24, 2.45) is 0 Å². The molecule has 0 fully saturated rings. The first kappa shape index (κ1) is 32.6. The van der Waals surface area contributed by atoms with Gasteiger partial charge in [0.2, 0.25) is 0 Å².